The molecule has 4 N–H and O–H groups in total. The van der Waals surface area contributed by atoms with Crippen LogP contribution in [0.3, 0.4) is 0 Å². The lowest BCUT2D eigenvalue weighted by Gasteiger charge is -2.38. The number of aliphatic hydroxyl groups is 1. The van der Waals surface area contributed by atoms with Gasteiger partial charge in [0.2, 0.25) is 17.7 Å². The number of carbonyl (C=O) groups excluding carboxylic acids is 4. The summed E-state index contributed by atoms with van der Waals surface area (Å²) in [4.78, 5) is 46.7. The van der Waals surface area contributed by atoms with E-state index in [-0.39, 0.29) is 31.7 Å². The Morgan fingerprint density at radius 3 is 2.45 bits per heavy atom. The molecule has 0 spiro atoms. The molecule has 186 valence electrons. The van der Waals surface area contributed by atoms with Crippen LogP contribution in [-0.4, -0.2) is 91.3 Å². The minimum atomic E-state index is -0.921. The van der Waals surface area contributed by atoms with E-state index in [1.54, 1.807) is 19.9 Å². The molecule has 0 aromatic rings. The highest BCUT2D eigenvalue weighted by molar-refractivity contribution is 5.94. The Morgan fingerprint density at radius 2 is 1.79 bits per heavy atom. The maximum absolute atomic E-state index is 12.1. The van der Waals surface area contributed by atoms with Crippen molar-refractivity contribution in [3.05, 3.63) is 12.2 Å². The van der Waals surface area contributed by atoms with E-state index in [4.69, 9.17) is 14.2 Å². The number of nitrogens with one attached hydrogen (secondary N) is 3. The Hall–Kier alpha value is -2.54. The number of rotatable bonds is 9. The van der Waals surface area contributed by atoms with Crippen molar-refractivity contribution in [1.82, 2.24) is 16.0 Å². The molecule has 2 saturated heterocycles. The van der Waals surface area contributed by atoms with Crippen LogP contribution in [0.4, 0.5) is 0 Å². The summed E-state index contributed by atoms with van der Waals surface area (Å²) in [5, 5.41) is 17.7. The van der Waals surface area contributed by atoms with Gasteiger partial charge in [0.1, 0.15) is 30.9 Å². The number of hydrogen-bond donors (Lipinski definition) is 4. The Kier molecular flexibility index (Phi) is 9.35. The van der Waals surface area contributed by atoms with Crippen molar-refractivity contribution in [3.8, 4) is 0 Å². The van der Waals surface area contributed by atoms with Gasteiger partial charge in [-0.05, 0) is 40.2 Å². The normalized spacial score (nSPS) is 29.1. The standard InChI is InChI=1S/C21H33N3O9/c1-11(20(29)23-9-15(26)22-10-16(27)30-5)24-14(25)8-6-7-13-17(28)19-18(12(2)31-13)32-21(3,4)33-19/h6,8,11-13,17-19,28H,7,9-10H2,1-5H3,(H,22,26)(H,23,29)(H,24,25)/b8-6+/t11-,12-,13-,17+,18+,19-/m0/s1. The molecule has 2 rings (SSSR count). The molecule has 0 saturated carbocycles. The zero-order valence-corrected chi connectivity index (χ0v) is 19.5. The van der Waals surface area contributed by atoms with Crippen LogP contribution < -0.4 is 16.0 Å². The van der Waals surface area contributed by atoms with E-state index in [1.807, 2.05) is 6.92 Å². The molecular weight excluding hydrogens is 438 g/mol. The van der Waals surface area contributed by atoms with Crippen LogP contribution in [-0.2, 0) is 38.1 Å². The largest absolute Gasteiger partial charge is 0.468 e. The Labute approximate surface area is 192 Å². The lowest BCUT2D eigenvalue weighted by atomic mass is 9.94. The van der Waals surface area contributed by atoms with Crippen molar-refractivity contribution >= 4 is 23.7 Å². The van der Waals surface area contributed by atoms with Crippen molar-refractivity contribution in [3.63, 3.8) is 0 Å². The third-order valence-corrected chi connectivity index (χ3v) is 5.20. The van der Waals surface area contributed by atoms with E-state index < -0.39 is 53.8 Å². The zero-order valence-electron chi connectivity index (χ0n) is 19.5. The second-order valence-corrected chi connectivity index (χ2v) is 8.37. The summed E-state index contributed by atoms with van der Waals surface area (Å²) >= 11 is 0. The number of hydrogen-bond acceptors (Lipinski definition) is 9. The molecule has 0 radical (unpaired) electrons. The molecule has 0 bridgehead atoms. The zero-order chi connectivity index (χ0) is 24.8. The molecule has 12 nitrogen and oxygen atoms in total. The van der Waals surface area contributed by atoms with Gasteiger partial charge in [-0.15, -0.1) is 0 Å². The highest BCUT2D eigenvalue weighted by Gasteiger charge is 2.53. The monoisotopic (exact) mass is 471 g/mol. The number of ether oxygens (including phenoxy) is 4. The molecule has 2 aliphatic heterocycles. The number of methoxy groups -OCH3 is 1. The Bertz CT molecular complexity index is 770. The average molecular weight is 472 g/mol. The molecule has 2 fully saturated rings. The molecule has 0 aromatic heterocycles. The molecule has 2 heterocycles. The van der Waals surface area contributed by atoms with Gasteiger partial charge in [0.15, 0.2) is 5.79 Å². The SMILES string of the molecule is COC(=O)CNC(=O)CNC(=O)[C@H](C)NC(=O)/C=C/C[C@@H]1O[C@@H](C)[C@H]2OC(C)(C)O[C@H]2[C@@H]1O. The molecule has 0 aromatic carbocycles. The molecule has 0 unspecified atom stereocenters. The summed E-state index contributed by atoms with van der Waals surface area (Å²) in [5.74, 6) is -3.09. The second-order valence-electron chi connectivity index (χ2n) is 8.37. The van der Waals surface area contributed by atoms with E-state index in [9.17, 15) is 24.3 Å². The van der Waals surface area contributed by atoms with Crippen molar-refractivity contribution in [2.24, 2.45) is 0 Å². The lowest BCUT2D eigenvalue weighted by Crippen LogP contribution is -2.55. The van der Waals surface area contributed by atoms with Crippen molar-refractivity contribution in [1.29, 1.82) is 0 Å². The summed E-state index contributed by atoms with van der Waals surface area (Å²) < 4.78 is 21.8. The molecule has 3 amide bonds. The predicted octanol–water partition coefficient (Wildman–Crippen LogP) is -1.49. The van der Waals surface area contributed by atoms with E-state index in [0.717, 1.165) is 0 Å². The first kappa shape index (κ1) is 26.7. The molecule has 2 aliphatic rings. The number of carbonyl (C=O) groups is 4. The van der Waals surface area contributed by atoms with Gasteiger partial charge < -0.3 is 40.0 Å². The van der Waals surface area contributed by atoms with Crippen molar-refractivity contribution in [2.75, 3.05) is 20.2 Å². The first-order chi connectivity index (χ1) is 15.4. The van der Waals surface area contributed by atoms with Crippen molar-refractivity contribution in [2.45, 2.75) is 76.5 Å². The van der Waals surface area contributed by atoms with Crippen LogP contribution in [0, 0.1) is 0 Å². The van der Waals surface area contributed by atoms with E-state index in [1.165, 1.54) is 20.1 Å². The van der Waals surface area contributed by atoms with Gasteiger partial charge in [0.25, 0.3) is 0 Å². The van der Waals surface area contributed by atoms with Gasteiger partial charge in [0, 0.05) is 0 Å². The van der Waals surface area contributed by atoms with Gasteiger partial charge in [-0.1, -0.05) is 6.08 Å². The van der Waals surface area contributed by atoms with Gasteiger partial charge in [-0.3, -0.25) is 19.2 Å². The summed E-state index contributed by atoms with van der Waals surface area (Å²) in [6.07, 6.45) is 0.360. The minimum Gasteiger partial charge on any atom is -0.468 e. The van der Waals surface area contributed by atoms with Crippen LogP contribution in [0.15, 0.2) is 12.2 Å². The maximum Gasteiger partial charge on any atom is 0.325 e. The van der Waals surface area contributed by atoms with E-state index in [0.29, 0.717) is 0 Å². The van der Waals surface area contributed by atoms with E-state index >= 15 is 0 Å². The highest BCUT2D eigenvalue weighted by atomic mass is 16.8. The summed E-state index contributed by atoms with van der Waals surface area (Å²) in [6, 6.07) is -0.904. The van der Waals surface area contributed by atoms with E-state index in [2.05, 4.69) is 20.7 Å². The Balaban J connectivity index is 1.74. The van der Waals surface area contributed by atoms with Gasteiger partial charge in [-0.2, -0.15) is 0 Å². The third-order valence-electron chi connectivity index (χ3n) is 5.20. The van der Waals surface area contributed by atoms with Crippen LogP contribution in [0.5, 0.6) is 0 Å². The second kappa shape index (κ2) is 11.5. The van der Waals surface area contributed by atoms with Crippen molar-refractivity contribution < 1.29 is 43.2 Å². The van der Waals surface area contributed by atoms with Crippen LogP contribution in [0.25, 0.3) is 0 Å². The predicted molar refractivity (Wildman–Crippen MR) is 114 cm³/mol. The molecule has 6 atom stereocenters. The fraction of sp³-hybridized carbons (Fsp3) is 0.714. The summed E-state index contributed by atoms with van der Waals surface area (Å²) in [6.45, 7) is 6.19. The number of aliphatic hydroxyl groups excluding tert-OH is 1. The molecular formula is C21H33N3O9. The first-order valence-electron chi connectivity index (χ1n) is 10.7. The fourth-order valence-electron chi connectivity index (χ4n) is 3.55. The van der Waals surface area contributed by atoms with Gasteiger partial charge in [-0.25, -0.2) is 0 Å². The fourth-order valence-corrected chi connectivity index (χ4v) is 3.55. The highest BCUT2D eigenvalue weighted by Crippen LogP contribution is 2.37. The van der Waals surface area contributed by atoms with Gasteiger partial charge >= 0.3 is 5.97 Å². The molecule has 0 aliphatic carbocycles. The maximum atomic E-state index is 12.1. The van der Waals surface area contributed by atoms with Crippen LogP contribution in [0.2, 0.25) is 0 Å². The molecule has 33 heavy (non-hydrogen) atoms. The number of esters is 1. The smallest absolute Gasteiger partial charge is 0.325 e. The summed E-state index contributed by atoms with van der Waals surface area (Å²) in [5.41, 5.74) is 0. The van der Waals surface area contributed by atoms with Crippen LogP contribution >= 0.6 is 0 Å². The first-order valence-corrected chi connectivity index (χ1v) is 10.7. The molecule has 12 heteroatoms. The minimum absolute atomic E-state index is 0.257. The lowest BCUT2D eigenvalue weighted by molar-refractivity contribution is -0.179. The number of amides is 3. The summed E-state index contributed by atoms with van der Waals surface area (Å²) in [7, 11) is 1.19. The Morgan fingerprint density at radius 1 is 1.12 bits per heavy atom. The topological polar surface area (TPSA) is 162 Å². The van der Waals surface area contributed by atoms with Gasteiger partial charge in [0.05, 0.1) is 25.9 Å². The quantitative estimate of drug-likeness (QED) is 0.232. The van der Waals surface area contributed by atoms with Crippen LogP contribution in [0.1, 0.15) is 34.1 Å². The average Bonchev–Trinajstić information content (AvgIpc) is 3.09. The third kappa shape index (κ3) is 7.77. The number of fused-ring (bicyclic) bond motifs is 1.